The lowest BCUT2D eigenvalue weighted by Crippen LogP contribution is -2.09. The molecule has 2 aromatic carbocycles. The van der Waals surface area contributed by atoms with Crippen molar-refractivity contribution in [1.29, 1.82) is 0 Å². The van der Waals surface area contributed by atoms with Crippen LogP contribution in [0.5, 0.6) is 0 Å². The SMILES string of the molecule is Cc1ccc(S(=O)(=O)c2nc(S(=O)(=O)c3ccccc3)sc2NCCC2=CCCCC2)cc1. The summed E-state index contributed by atoms with van der Waals surface area (Å²) in [6.45, 7) is 2.38. The van der Waals surface area contributed by atoms with Crippen LogP contribution in [0.3, 0.4) is 0 Å². The zero-order valence-electron chi connectivity index (χ0n) is 18.3. The minimum absolute atomic E-state index is 0.0805. The van der Waals surface area contributed by atoms with Gasteiger partial charge in [-0.2, -0.15) is 0 Å². The first-order chi connectivity index (χ1) is 15.8. The smallest absolute Gasteiger partial charge is 0.233 e. The zero-order valence-corrected chi connectivity index (χ0v) is 20.8. The molecule has 4 rings (SSSR count). The summed E-state index contributed by atoms with van der Waals surface area (Å²) in [6, 6.07) is 14.4. The van der Waals surface area contributed by atoms with Crippen LogP contribution in [0.4, 0.5) is 5.00 Å². The predicted molar refractivity (Wildman–Crippen MR) is 130 cm³/mol. The Morgan fingerprint density at radius 1 is 0.909 bits per heavy atom. The molecular weight excluding hydrogens is 476 g/mol. The minimum atomic E-state index is -4.01. The van der Waals surface area contributed by atoms with E-state index in [9.17, 15) is 16.8 Å². The Morgan fingerprint density at radius 3 is 2.27 bits per heavy atom. The van der Waals surface area contributed by atoms with Gasteiger partial charge in [0.2, 0.25) is 24.0 Å². The van der Waals surface area contributed by atoms with Gasteiger partial charge in [-0.1, -0.05) is 58.9 Å². The van der Waals surface area contributed by atoms with E-state index in [2.05, 4.69) is 16.4 Å². The number of allylic oxidation sites excluding steroid dienone is 1. The van der Waals surface area contributed by atoms with Gasteiger partial charge in [0, 0.05) is 6.54 Å². The average Bonchev–Trinajstić information content (AvgIpc) is 3.27. The molecule has 0 saturated carbocycles. The number of rotatable bonds is 8. The van der Waals surface area contributed by atoms with Crippen molar-refractivity contribution < 1.29 is 16.8 Å². The number of hydrogen-bond donors (Lipinski definition) is 1. The molecule has 0 radical (unpaired) electrons. The second kappa shape index (κ2) is 9.79. The van der Waals surface area contributed by atoms with E-state index in [0.29, 0.717) is 6.54 Å². The van der Waals surface area contributed by atoms with E-state index < -0.39 is 19.7 Å². The van der Waals surface area contributed by atoms with Crippen molar-refractivity contribution in [2.45, 2.75) is 58.2 Å². The van der Waals surface area contributed by atoms with Gasteiger partial charge in [-0.15, -0.1) is 0 Å². The molecule has 0 saturated heterocycles. The van der Waals surface area contributed by atoms with E-state index in [4.69, 9.17) is 0 Å². The summed E-state index contributed by atoms with van der Waals surface area (Å²) in [4.78, 5) is 4.32. The van der Waals surface area contributed by atoms with E-state index in [1.54, 1.807) is 30.3 Å². The number of hydrogen-bond acceptors (Lipinski definition) is 7. The molecule has 0 spiro atoms. The summed E-state index contributed by atoms with van der Waals surface area (Å²) in [5, 5.41) is 3.17. The van der Waals surface area contributed by atoms with Gasteiger partial charge in [-0.25, -0.2) is 21.8 Å². The number of sulfone groups is 2. The summed E-state index contributed by atoms with van der Waals surface area (Å²) in [5.74, 6) is 0. The molecule has 3 aromatic rings. The van der Waals surface area contributed by atoms with Crippen molar-refractivity contribution in [2.75, 3.05) is 11.9 Å². The normalized spacial score (nSPS) is 14.6. The largest absolute Gasteiger partial charge is 0.374 e. The molecule has 0 fully saturated rings. The Kier molecular flexibility index (Phi) is 7.02. The molecule has 0 bridgehead atoms. The molecular formula is C24H26N2O4S3. The second-order valence-electron chi connectivity index (χ2n) is 8.03. The quantitative estimate of drug-likeness (QED) is 0.414. The second-order valence-corrected chi connectivity index (χ2v) is 13.0. The van der Waals surface area contributed by atoms with E-state index >= 15 is 0 Å². The molecule has 0 amide bonds. The number of nitrogens with one attached hydrogen (secondary N) is 1. The van der Waals surface area contributed by atoms with Crippen LogP contribution >= 0.6 is 11.3 Å². The molecule has 1 aliphatic carbocycles. The lowest BCUT2D eigenvalue weighted by molar-refractivity contribution is 0.589. The van der Waals surface area contributed by atoms with Gasteiger partial charge in [0.1, 0.15) is 5.00 Å². The van der Waals surface area contributed by atoms with Gasteiger partial charge < -0.3 is 5.32 Å². The molecule has 1 N–H and O–H groups in total. The highest BCUT2D eigenvalue weighted by molar-refractivity contribution is 7.94. The van der Waals surface area contributed by atoms with Gasteiger partial charge in [0.25, 0.3) is 0 Å². The van der Waals surface area contributed by atoms with Gasteiger partial charge in [0.15, 0.2) is 5.03 Å². The maximum Gasteiger partial charge on any atom is 0.233 e. The Morgan fingerprint density at radius 2 is 1.61 bits per heavy atom. The fourth-order valence-electron chi connectivity index (χ4n) is 3.69. The van der Waals surface area contributed by atoms with E-state index in [1.807, 2.05) is 6.92 Å². The predicted octanol–water partition coefficient (Wildman–Crippen LogP) is 5.42. The van der Waals surface area contributed by atoms with Gasteiger partial charge in [0.05, 0.1) is 9.79 Å². The monoisotopic (exact) mass is 502 g/mol. The fourth-order valence-corrected chi connectivity index (χ4v) is 8.03. The van der Waals surface area contributed by atoms with Crippen molar-refractivity contribution in [3.05, 3.63) is 71.8 Å². The minimum Gasteiger partial charge on any atom is -0.374 e. The molecule has 1 heterocycles. The van der Waals surface area contributed by atoms with Gasteiger partial charge >= 0.3 is 0 Å². The molecule has 1 aromatic heterocycles. The number of thiazole rings is 1. The van der Waals surface area contributed by atoms with Crippen LogP contribution < -0.4 is 5.32 Å². The van der Waals surface area contributed by atoms with Crippen molar-refractivity contribution in [1.82, 2.24) is 4.98 Å². The Labute approximate surface area is 199 Å². The van der Waals surface area contributed by atoms with Gasteiger partial charge in [-0.05, 0) is 63.3 Å². The van der Waals surface area contributed by atoms with Crippen LogP contribution in [0.1, 0.15) is 37.7 Å². The highest BCUT2D eigenvalue weighted by Crippen LogP contribution is 2.37. The average molecular weight is 503 g/mol. The first-order valence-electron chi connectivity index (χ1n) is 10.8. The Balaban J connectivity index is 1.71. The summed E-state index contributed by atoms with van der Waals surface area (Å²) in [5.41, 5.74) is 2.28. The standard InChI is InChI=1S/C24H26N2O4S3/c1-18-12-14-21(15-13-18)32(27,28)23-22(25-17-16-19-8-4-2-5-9-19)31-24(26-23)33(29,30)20-10-6-3-7-11-20/h3,6-8,10-15,25H,2,4-5,9,16-17H2,1H3. The summed E-state index contributed by atoms with van der Waals surface area (Å²) >= 11 is 0.864. The number of nitrogens with zero attached hydrogens (tertiary/aromatic N) is 1. The molecule has 9 heteroatoms. The molecule has 174 valence electrons. The van der Waals surface area contributed by atoms with Crippen LogP contribution in [0, 0.1) is 6.92 Å². The van der Waals surface area contributed by atoms with Crippen LogP contribution in [0.25, 0.3) is 0 Å². The summed E-state index contributed by atoms with van der Waals surface area (Å²) in [6.07, 6.45) is 7.51. The molecule has 0 aliphatic heterocycles. The fraction of sp³-hybridized carbons (Fsp3) is 0.292. The first kappa shape index (κ1) is 23.7. The van der Waals surface area contributed by atoms with Crippen LogP contribution in [0.2, 0.25) is 0 Å². The maximum absolute atomic E-state index is 13.4. The zero-order chi connectivity index (χ0) is 23.5. The first-order valence-corrected chi connectivity index (χ1v) is 14.6. The van der Waals surface area contributed by atoms with E-state index in [0.717, 1.165) is 36.2 Å². The van der Waals surface area contributed by atoms with Crippen LogP contribution in [-0.2, 0) is 19.7 Å². The summed E-state index contributed by atoms with van der Waals surface area (Å²) in [7, 11) is -7.95. The molecule has 0 unspecified atom stereocenters. The van der Waals surface area contributed by atoms with Crippen molar-refractivity contribution in [3.8, 4) is 0 Å². The van der Waals surface area contributed by atoms with Crippen molar-refractivity contribution in [2.24, 2.45) is 0 Å². The number of aryl methyl sites for hydroxylation is 1. The van der Waals surface area contributed by atoms with E-state index in [-0.39, 0.29) is 24.2 Å². The molecule has 6 nitrogen and oxygen atoms in total. The maximum atomic E-state index is 13.4. The van der Waals surface area contributed by atoms with Crippen molar-refractivity contribution in [3.63, 3.8) is 0 Å². The van der Waals surface area contributed by atoms with Crippen LogP contribution in [0.15, 0.2) is 85.4 Å². The van der Waals surface area contributed by atoms with E-state index in [1.165, 1.54) is 42.7 Å². The number of anilines is 1. The third-order valence-corrected chi connectivity index (χ3v) is 10.5. The lowest BCUT2D eigenvalue weighted by atomic mass is 9.97. The highest BCUT2D eigenvalue weighted by Gasteiger charge is 2.31. The van der Waals surface area contributed by atoms with Crippen molar-refractivity contribution >= 4 is 36.0 Å². The third-order valence-electron chi connectivity index (χ3n) is 5.56. The number of benzene rings is 2. The molecule has 1 aliphatic rings. The summed E-state index contributed by atoms with van der Waals surface area (Å²) < 4.78 is 52.9. The topological polar surface area (TPSA) is 93.2 Å². The molecule has 0 atom stereocenters. The molecule has 33 heavy (non-hydrogen) atoms. The highest BCUT2D eigenvalue weighted by atomic mass is 32.2. The Hall–Kier alpha value is -2.49. The van der Waals surface area contributed by atoms with Gasteiger partial charge in [-0.3, -0.25) is 0 Å². The Bertz CT molecular complexity index is 1360. The third kappa shape index (κ3) is 5.20. The van der Waals surface area contributed by atoms with Crippen LogP contribution in [-0.4, -0.2) is 28.4 Å². The number of aromatic nitrogens is 1. The lowest BCUT2D eigenvalue weighted by Gasteiger charge is -2.13.